The average molecular weight is 350 g/mol. The molecule has 2 aromatic heterocycles. The predicted octanol–water partition coefficient (Wildman–Crippen LogP) is 1.79. The van der Waals surface area contributed by atoms with Crippen LogP contribution in [0.3, 0.4) is 0 Å². The number of aromatic nitrogens is 4. The molecule has 0 saturated carbocycles. The number of carbonyl (C=O) groups excluding carboxylic acids is 1. The summed E-state index contributed by atoms with van der Waals surface area (Å²) in [5.74, 6) is 0.979. The van der Waals surface area contributed by atoms with Gasteiger partial charge in [-0.25, -0.2) is 14.6 Å². The van der Waals surface area contributed by atoms with Crippen LogP contribution in [0.5, 0.6) is 0 Å². The lowest BCUT2D eigenvalue weighted by molar-refractivity contribution is -0.120. The lowest BCUT2D eigenvalue weighted by Crippen LogP contribution is -2.28. The van der Waals surface area contributed by atoms with Crippen molar-refractivity contribution >= 4 is 22.8 Å². The van der Waals surface area contributed by atoms with E-state index < -0.39 is 0 Å². The molecule has 3 heterocycles. The summed E-state index contributed by atoms with van der Waals surface area (Å²) in [6.07, 6.45) is 6.22. The SMILES string of the molecule is O=C(Cc1ccccc1)NCCn1ncc2c(N3CCCC3)ncnc21. The van der Waals surface area contributed by atoms with Crippen LogP contribution in [0.4, 0.5) is 5.82 Å². The number of hydrogen-bond acceptors (Lipinski definition) is 5. The molecule has 1 saturated heterocycles. The first-order valence-corrected chi connectivity index (χ1v) is 9.03. The highest BCUT2D eigenvalue weighted by atomic mass is 16.1. The molecule has 0 spiro atoms. The lowest BCUT2D eigenvalue weighted by Gasteiger charge is -2.16. The minimum absolute atomic E-state index is 0.0139. The minimum Gasteiger partial charge on any atom is -0.356 e. The number of rotatable bonds is 6. The molecule has 1 N–H and O–H groups in total. The van der Waals surface area contributed by atoms with Gasteiger partial charge in [-0.1, -0.05) is 30.3 Å². The van der Waals surface area contributed by atoms with Crippen molar-refractivity contribution in [3.05, 3.63) is 48.4 Å². The van der Waals surface area contributed by atoms with E-state index in [9.17, 15) is 4.79 Å². The Morgan fingerprint density at radius 3 is 2.73 bits per heavy atom. The van der Waals surface area contributed by atoms with Crippen LogP contribution >= 0.6 is 0 Å². The summed E-state index contributed by atoms with van der Waals surface area (Å²) >= 11 is 0. The Balaban J connectivity index is 1.38. The molecule has 7 heteroatoms. The standard InChI is InChI=1S/C19H22N6O/c26-17(12-15-6-2-1-3-7-15)20-8-11-25-19-16(13-23-25)18(21-14-22-19)24-9-4-5-10-24/h1-3,6-7,13-14H,4-5,8-12H2,(H,20,26). The Morgan fingerprint density at radius 1 is 1.12 bits per heavy atom. The van der Waals surface area contributed by atoms with Gasteiger partial charge in [-0.3, -0.25) is 4.79 Å². The first-order valence-electron chi connectivity index (χ1n) is 9.03. The Labute approximate surface area is 152 Å². The third kappa shape index (κ3) is 3.51. The molecule has 0 aliphatic carbocycles. The van der Waals surface area contributed by atoms with Crippen LogP contribution in [0.15, 0.2) is 42.9 Å². The van der Waals surface area contributed by atoms with Crippen LogP contribution in [0.2, 0.25) is 0 Å². The van der Waals surface area contributed by atoms with E-state index >= 15 is 0 Å². The van der Waals surface area contributed by atoms with E-state index in [4.69, 9.17) is 0 Å². The summed E-state index contributed by atoms with van der Waals surface area (Å²) in [5, 5.41) is 8.37. The lowest BCUT2D eigenvalue weighted by atomic mass is 10.1. The van der Waals surface area contributed by atoms with Gasteiger partial charge in [0.25, 0.3) is 0 Å². The first-order chi connectivity index (χ1) is 12.8. The normalized spacial score (nSPS) is 14.1. The number of benzene rings is 1. The molecule has 134 valence electrons. The Kier molecular flexibility index (Phi) is 4.77. The second-order valence-electron chi connectivity index (χ2n) is 6.51. The smallest absolute Gasteiger partial charge is 0.224 e. The highest BCUT2D eigenvalue weighted by Crippen LogP contribution is 2.25. The molecule has 0 unspecified atom stereocenters. The second-order valence-corrected chi connectivity index (χ2v) is 6.51. The average Bonchev–Trinajstić information content (AvgIpc) is 3.32. The molecular formula is C19H22N6O. The van der Waals surface area contributed by atoms with Crippen molar-refractivity contribution in [1.29, 1.82) is 0 Å². The van der Waals surface area contributed by atoms with E-state index in [0.29, 0.717) is 19.5 Å². The van der Waals surface area contributed by atoms with Crippen LogP contribution in [0, 0.1) is 0 Å². The zero-order chi connectivity index (χ0) is 17.8. The monoisotopic (exact) mass is 350 g/mol. The maximum absolute atomic E-state index is 12.1. The molecule has 1 aromatic carbocycles. The first kappa shape index (κ1) is 16.5. The van der Waals surface area contributed by atoms with Crippen molar-refractivity contribution in [2.75, 3.05) is 24.5 Å². The van der Waals surface area contributed by atoms with Crippen LogP contribution in [-0.2, 0) is 17.8 Å². The second kappa shape index (κ2) is 7.51. The predicted molar refractivity (Wildman–Crippen MR) is 99.9 cm³/mol. The number of carbonyl (C=O) groups is 1. The summed E-state index contributed by atoms with van der Waals surface area (Å²) < 4.78 is 1.83. The van der Waals surface area contributed by atoms with Crippen molar-refractivity contribution in [3.63, 3.8) is 0 Å². The van der Waals surface area contributed by atoms with Gasteiger partial charge in [0.05, 0.1) is 24.5 Å². The zero-order valence-corrected chi connectivity index (χ0v) is 14.6. The summed E-state index contributed by atoms with van der Waals surface area (Å²) in [5.41, 5.74) is 1.83. The fourth-order valence-electron chi connectivity index (χ4n) is 3.37. The largest absolute Gasteiger partial charge is 0.356 e. The summed E-state index contributed by atoms with van der Waals surface area (Å²) in [4.78, 5) is 23.2. The highest BCUT2D eigenvalue weighted by Gasteiger charge is 2.18. The van der Waals surface area contributed by atoms with E-state index in [1.54, 1.807) is 6.33 Å². The van der Waals surface area contributed by atoms with E-state index in [-0.39, 0.29) is 5.91 Å². The molecule has 3 aromatic rings. The molecule has 1 fully saturated rings. The molecule has 7 nitrogen and oxygen atoms in total. The molecule has 0 radical (unpaired) electrons. The fourth-order valence-corrected chi connectivity index (χ4v) is 3.37. The topological polar surface area (TPSA) is 75.9 Å². The number of nitrogens with one attached hydrogen (secondary N) is 1. The van der Waals surface area contributed by atoms with Gasteiger partial charge < -0.3 is 10.2 Å². The Morgan fingerprint density at radius 2 is 1.92 bits per heavy atom. The number of fused-ring (bicyclic) bond motifs is 1. The number of amides is 1. The van der Waals surface area contributed by atoms with Crippen LogP contribution < -0.4 is 10.2 Å². The van der Waals surface area contributed by atoms with Gasteiger partial charge in [-0.05, 0) is 18.4 Å². The Bertz CT molecular complexity index is 885. The minimum atomic E-state index is 0.0139. The van der Waals surface area contributed by atoms with Crippen LogP contribution in [0.25, 0.3) is 11.0 Å². The van der Waals surface area contributed by atoms with Crippen molar-refractivity contribution in [1.82, 2.24) is 25.1 Å². The van der Waals surface area contributed by atoms with Gasteiger partial charge in [-0.15, -0.1) is 0 Å². The van der Waals surface area contributed by atoms with E-state index in [0.717, 1.165) is 35.5 Å². The molecule has 1 aliphatic heterocycles. The summed E-state index contributed by atoms with van der Waals surface area (Å²) in [6.45, 7) is 3.17. The molecular weight excluding hydrogens is 328 g/mol. The number of hydrogen-bond donors (Lipinski definition) is 1. The van der Waals surface area contributed by atoms with Crippen molar-refractivity contribution < 1.29 is 4.79 Å². The number of anilines is 1. The quantitative estimate of drug-likeness (QED) is 0.733. The van der Waals surface area contributed by atoms with Crippen molar-refractivity contribution in [3.8, 4) is 0 Å². The van der Waals surface area contributed by atoms with Gasteiger partial charge in [0, 0.05) is 19.6 Å². The molecule has 4 rings (SSSR count). The Hall–Kier alpha value is -2.96. The van der Waals surface area contributed by atoms with Gasteiger partial charge in [0.1, 0.15) is 12.1 Å². The molecule has 26 heavy (non-hydrogen) atoms. The molecule has 1 aliphatic rings. The maximum Gasteiger partial charge on any atom is 0.224 e. The van der Waals surface area contributed by atoms with E-state index in [1.165, 1.54) is 12.8 Å². The fraction of sp³-hybridized carbons (Fsp3) is 0.368. The maximum atomic E-state index is 12.1. The summed E-state index contributed by atoms with van der Waals surface area (Å²) in [7, 11) is 0. The van der Waals surface area contributed by atoms with Crippen LogP contribution in [-0.4, -0.2) is 45.3 Å². The van der Waals surface area contributed by atoms with Gasteiger partial charge in [0.15, 0.2) is 5.65 Å². The van der Waals surface area contributed by atoms with Gasteiger partial charge in [-0.2, -0.15) is 5.10 Å². The third-order valence-corrected chi connectivity index (χ3v) is 4.67. The van der Waals surface area contributed by atoms with Gasteiger partial charge in [0.2, 0.25) is 5.91 Å². The van der Waals surface area contributed by atoms with Crippen LogP contribution in [0.1, 0.15) is 18.4 Å². The highest BCUT2D eigenvalue weighted by molar-refractivity contribution is 5.86. The molecule has 0 bridgehead atoms. The van der Waals surface area contributed by atoms with E-state index in [1.807, 2.05) is 41.2 Å². The third-order valence-electron chi connectivity index (χ3n) is 4.67. The van der Waals surface area contributed by atoms with Gasteiger partial charge >= 0.3 is 0 Å². The molecule has 1 amide bonds. The van der Waals surface area contributed by atoms with E-state index in [2.05, 4.69) is 25.3 Å². The van der Waals surface area contributed by atoms with Crippen molar-refractivity contribution in [2.24, 2.45) is 0 Å². The zero-order valence-electron chi connectivity index (χ0n) is 14.6. The number of nitrogens with zero attached hydrogens (tertiary/aromatic N) is 5. The summed E-state index contributed by atoms with van der Waals surface area (Å²) in [6, 6.07) is 9.74. The van der Waals surface area contributed by atoms with Crippen molar-refractivity contribution in [2.45, 2.75) is 25.8 Å². The molecule has 0 atom stereocenters.